The molecule has 0 bridgehead atoms. The monoisotopic (exact) mass is 534 g/mol. The van der Waals surface area contributed by atoms with Crippen LogP contribution in [0.15, 0.2) is 11.6 Å². The minimum Gasteiger partial charge on any atom is -0.458 e. The Hall–Kier alpha value is -1.03. The van der Waals surface area contributed by atoms with Crippen LogP contribution in [0.5, 0.6) is 0 Å². The molecule has 4 aliphatic carbocycles. The molecule has 1 saturated heterocycles. The molecule has 0 unspecified atom stereocenters. The average Bonchev–Trinajstić information content (AvgIpc) is 3.42. The highest BCUT2D eigenvalue weighted by atomic mass is 16.7. The van der Waals surface area contributed by atoms with Crippen LogP contribution in [-0.4, -0.2) is 76.9 Å². The first-order valence-electron chi connectivity index (χ1n) is 14.8. The van der Waals surface area contributed by atoms with E-state index in [1.54, 1.807) is 13.2 Å². The molecular formula is C30H46O8. The standard InChI is InChI=1S/C30H46O8/c1-17-26(32)22(35-4)15-25(37-17)38-20-6-9-27(2)19(14-20)5-11-29(33)23(27)8-10-28(3)21(7-12-30(28,29)34)18-13-24(31)36-16-18/h13,17,19-23,25-26,32-34H,5-12,14-16H2,1-4H3/t17-,19-,20+,21-,22-,23-,25+,26+,27+,28-,29+,30-/m1/s1. The number of aliphatic hydroxyl groups is 3. The molecule has 0 aromatic rings. The van der Waals surface area contributed by atoms with Crippen molar-refractivity contribution in [2.45, 2.75) is 127 Å². The van der Waals surface area contributed by atoms with E-state index in [9.17, 15) is 20.1 Å². The molecule has 0 amide bonds. The van der Waals surface area contributed by atoms with Gasteiger partial charge in [0.1, 0.15) is 12.7 Å². The first-order chi connectivity index (χ1) is 17.9. The third-order valence-electron chi connectivity index (χ3n) is 12.3. The molecule has 0 radical (unpaired) electrons. The first-order valence-corrected chi connectivity index (χ1v) is 14.8. The highest BCUT2D eigenvalue weighted by Crippen LogP contribution is 2.71. The predicted molar refractivity (Wildman–Crippen MR) is 138 cm³/mol. The van der Waals surface area contributed by atoms with Crippen molar-refractivity contribution in [1.29, 1.82) is 0 Å². The van der Waals surface area contributed by atoms with Gasteiger partial charge in [0.15, 0.2) is 6.29 Å². The molecule has 6 rings (SSSR count). The Bertz CT molecular complexity index is 983. The van der Waals surface area contributed by atoms with E-state index in [2.05, 4.69) is 13.8 Å². The molecule has 0 aromatic heterocycles. The molecule has 38 heavy (non-hydrogen) atoms. The normalized spacial score (nSPS) is 54.5. The van der Waals surface area contributed by atoms with Gasteiger partial charge >= 0.3 is 5.97 Å². The summed E-state index contributed by atoms with van der Waals surface area (Å²) in [7, 11) is 1.62. The second-order valence-electron chi connectivity index (χ2n) is 13.8. The Labute approximate surface area is 226 Å². The smallest absolute Gasteiger partial charge is 0.331 e. The van der Waals surface area contributed by atoms with E-state index in [1.165, 1.54) is 0 Å². The molecule has 3 N–H and O–H groups in total. The van der Waals surface area contributed by atoms with E-state index < -0.39 is 22.7 Å². The van der Waals surface area contributed by atoms with Gasteiger partial charge in [-0.25, -0.2) is 4.79 Å². The molecule has 12 atom stereocenters. The van der Waals surface area contributed by atoms with Crippen molar-refractivity contribution >= 4 is 5.97 Å². The molecule has 6 aliphatic rings. The largest absolute Gasteiger partial charge is 0.458 e. The van der Waals surface area contributed by atoms with Gasteiger partial charge in [0.05, 0.1) is 29.5 Å². The summed E-state index contributed by atoms with van der Waals surface area (Å²) in [5.41, 5.74) is -1.88. The van der Waals surface area contributed by atoms with Crippen LogP contribution in [0.1, 0.15) is 85.0 Å². The van der Waals surface area contributed by atoms with Gasteiger partial charge in [-0.2, -0.15) is 0 Å². The number of aliphatic hydroxyl groups excluding tert-OH is 1. The number of hydrogen-bond donors (Lipinski definition) is 3. The van der Waals surface area contributed by atoms with Crippen LogP contribution in [-0.2, 0) is 23.7 Å². The number of cyclic esters (lactones) is 1. The Morgan fingerprint density at radius 2 is 1.82 bits per heavy atom. The Balaban J connectivity index is 1.18. The van der Waals surface area contributed by atoms with Crippen LogP contribution in [0.4, 0.5) is 0 Å². The van der Waals surface area contributed by atoms with Gasteiger partial charge in [-0.15, -0.1) is 0 Å². The molecule has 2 heterocycles. The molecular weight excluding hydrogens is 488 g/mol. The van der Waals surface area contributed by atoms with Crippen molar-refractivity contribution in [3.63, 3.8) is 0 Å². The van der Waals surface area contributed by atoms with Crippen LogP contribution in [0.2, 0.25) is 0 Å². The first kappa shape index (κ1) is 27.2. The van der Waals surface area contributed by atoms with Gasteiger partial charge in [0.2, 0.25) is 0 Å². The molecule has 5 fully saturated rings. The zero-order valence-electron chi connectivity index (χ0n) is 23.4. The third kappa shape index (κ3) is 3.73. The van der Waals surface area contributed by atoms with Crippen LogP contribution in [0, 0.1) is 28.6 Å². The van der Waals surface area contributed by atoms with Crippen molar-refractivity contribution in [2.75, 3.05) is 13.7 Å². The number of carbonyl (C=O) groups is 1. The SMILES string of the molecule is CO[C@@H]1C[C@H](O[C@H]2CC[C@@]3(C)[C@H](CC[C@]4(O)[C@@H]3CC[C@]3(C)[C@@H](C5=CC(=O)OC5)CC[C@@]34O)C2)O[C@H](C)[C@@H]1O. The fourth-order valence-corrected chi connectivity index (χ4v) is 10.1. The minimum absolute atomic E-state index is 0.0286. The van der Waals surface area contributed by atoms with E-state index in [0.717, 1.165) is 50.5 Å². The lowest BCUT2D eigenvalue weighted by atomic mass is 9.41. The number of methoxy groups -OCH3 is 1. The van der Waals surface area contributed by atoms with Crippen molar-refractivity contribution < 1.29 is 39.1 Å². The molecule has 8 heteroatoms. The number of carbonyl (C=O) groups excluding carboxylic acids is 1. The number of fused-ring (bicyclic) bond motifs is 5. The lowest BCUT2D eigenvalue weighted by molar-refractivity contribution is -0.304. The van der Waals surface area contributed by atoms with Gasteiger partial charge in [-0.3, -0.25) is 0 Å². The molecule has 0 aromatic carbocycles. The van der Waals surface area contributed by atoms with Crippen molar-refractivity contribution in [3.8, 4) is 0 Å². The molecule has 0 spiro atoms. The number of hydrogen-bond acceptors (Lipinski definition) is 8. The number of ether oxygens (including phenoxy) is 4. The summed E-state index contributed by atoms with van der Waals surface area (Å²) in [4.78, 5) is 11.8. The summed E-state index contributed by atoms with van der Waals surface area (Å²) in [5.74, 6) is 0.206. The summed E-state index contributed by atoms with van der Waals surface area (Å²) in [6.45, 7) is 6.64. The summed E-state index contributed by atoms with van der Waals surface area (Å²) < 4.78 is 23.1. The summed E-state index contributed by atoms with van der Waals surface area (Å²) >= 11 is 0. The fraction of sp³-hybridized carbons (Fsp3) is 0.900. The topological polar surface area (TPSA) is 115 Å². The molecule has 4 saturated carbocycles. The predicted octanol–water partition coefficient (Wildman–Crippen LogP) is 3.25. The van der Waals surface area contributed by atoms with Crippen LogP contribution in [0.3, 0.4) is 0 Å². The zero-order chi connectivity index (χ0) is 27.1. The van der Waals surface area contributed by atoms with E-state index >= 15 is 0 Å². The van der Waals surface area contributed by atoms with E-state index in [4.69, 9.17) is 18.9 Å². The summed E-state index contributed by atoms with van der Waals surface area (Å²) in [6.07, 6.45) is 7.78. The van der Waals surface area contributed by atoms with Gasteiger partial charge in [0, 0.05) is 25.0 Å². The zero-order valence-corrected chi connectivity index (χ0v) is 23.4. The third-order valence-corrected chi connectivity index (χ3v) is 12.3. The highest BCUT2D eigenvalue weighted by Gasteiger charge is 2.74. The Morgan fingerprint density at radius 3 is 2.53 bits per heavy atom. The molecule has 2 aliphatic heterocycles. The van der Waals surface area contributed by atoms with E-state index in [1.807, 2.05) is 6.92 Å². The van der Waals surface area contributed by atoms with Crippen molar-refractivity contribution in [3.05, 3.63) is 11.6 Å². The second kappa shape index (κ2) is 9.25. The lowest BCUT2D eigenvalue weighted by Gasteiger charge is -2.67. The maximum Gasteiger partial charge on any atom is 0.331 e. The van der Waals surface area contributed by atoms with Crippen LogP contribution in [0.25, 0.3) is 0 Å². The van der Waals surface area contributed by atoms with Crippen LogP contribution < -0.4 is 0 Å². The van der Waals surface area contributed by atoms with Crippen molar-refractivity contribution in [2.24, 2.45) is 28.6 Å². The number of rotatable bonds is 4. The van der Waals surface area contributed by atoms with Gasteiger partial charge in [-0.1, -0.05) is 13.8 Å². The summed E-state index contributed by atoms with van der Waals surface area (Å²) in [6, 6.07) is 0. The van der Waals surface area contributed by atoms with Gasteiger partial charge in [0.25, 0.3) is 0 Å². The quantitative estimate of drug-likeness (QED) is 0.372. The second-order valence-corrected chi connectivity index (χ2v) is 13.8. The average molecular weight is 535 g/mol. The Morgan fingerprint density at radius 1 is 1.03 bits per heavy atom. The van der Waals surface area contributed by atoms with E-state index in [-0.39, 0.29) is 47.8 Å². The van der Waals surface area contributed by atoms with Crippen LogP contribution >= 0.6 is 0 Å². The molecule has 8 nitrogen and oxygen atoms in total. The minimum atomic E-state index is -1.18. The highest BCUT2D eigenvalue weighted by molar-refractivity contribution is 5.85. The lowest BCUT2D eigenvalue weighted by Crippen LogP contribution is -2.73. The number of esters is 1. The van der Waals surface area contributed by atoms with Gasteiger partial charge in [-0.05, 0) is 93.5 Å². The Kier molecular flexibility index (Phi) is 6.61. The van der Waals surface area contributed by atoms with Gasteiger partial charge < -0.3 is 34.3 Å². The maximum atomic E-state index is 12.5. The fourth-order valence-electron chi connectivity index (χ4n) is 10.1. The van der Waals surface area contributed by atoms with E-state index in [0.29, 0.717) is 31.8 Å². The summed E-state index contributed by atoms with van der Waals surface area (Å²) in [5, 5.41) is 35.2. The van der Waals surface area contributed by atoms with Crippen molar-refractivity contribution in [1.82, 2.24) is 0 Å². The maximum absolute atomic E-state index is 12.5. The molecule has 214 valence electrons.